The van der Waals surface area contributed by atoms with E-state index in [1.54, 1.807) is 0 Å². The number of aliphatic hydroxyl groups excluding tert-OH is 1. The minimum atomic E-state index is -0.497. The van der Waals surface area contributed by atoms with Crippen LogP contribution in [-0.2, 0) is 0 Å². The Labute approximate surface area is 120 Å². The molecular weight excluding hydrogens is 262 g/mol. The Morgan fingerprint density at radius 3 is 2.58 bits per heavy atom. The second-order valence-corrected chi connectivity index (χ2v) is 5.41. The molecule has 1 rings (SSSR count). The van der Waals surface area contributed by atoms with Crippen LogP contribution in [0.25, 0.3) is 0 Å². The molecule has 0 aliphatic carbocycles. The predicted molar refractivity (Wildman–Crippen MR) is 80.2 cm³/mol. The van der Waals surface area contributed by atoms with E-state index in [9.17, 15) is 5.11 Å². The van der Waals surface area contributed by atoms with Gasteiger partial charge >= 0.3 is 0 Å². The molecule has 3 nitrogen and oxygen atoms in total. The maximum Gasteiger partial charge on any atom is 0.126 e. The number of aliphatic hydroxyl groups is 1. The average molecular weight is 286 g/mol. The summed E-state index contributed by atoms with van der Waals surface area (Å²) in [6.07, 6.45) is 0.111. The van der Waals surface area contributed by atoms with Gasteiger partial charge in [0.2, 0.25) is 0 Å². The molecule has 2 unspecified atom stereocenters. The second kappa shape index (κ2) is 7.13. The summed E-state index contributed by atoms with van der Waals surface area (Å²) in [5.74, 6) is 1.04. The molecule has 2 atom stereocenters. The molecule has 19 heavy (non-hydrogen) atoms. The molecular formula is C15H24ClNO2. The first-order chi connectivity index (χ1) is 8.92. The Balaban J connectivity index is 3.22. The molecule has 0 aliphatic rings. The highest BCUT2D eigenvalue weighted by atomic mass is 35.5. The molecule has 1 aromatic rings. The molecule has 0 spiro atoms. The summed E-state index contributed by atoms with van der Waals surface area (Å²) in [7, 11) is 0. The van der Waals surface area contributed by atoms with Gasteiger partial charge in [0.15, 0.2) is 0 Å². The third-order valence-corrected chi connectivity index (χ3v) is 3.78. The Hall–Kier alpha value is -0.770. The zero-order valence-electron chi connectivity index (χ0n) is 12.2. The molecule has 0 aliphatic heterocycles. The van der Waals surface area contributed by atoms with Crippen molar-refractivity contribution in [3.63, 3.8) is 0 Å². The third-order valence-electron chi connectivity index (χ3n) is 3.39. The quantitative estimate of drug-likeness (QED) is 0.844. The smallest absolute Gasteiger partial charge is 0.126 e. The van der Waals surface area contributed by atoms with Crippen molar-refractivity contribution >= 4 is 11.6 Å². The van der Waals surface area contributed by atoms with Crippen LogP contribution in [0.1, 0.15) is 42.9 Å². The molecule has 0 heterocycles. The first-order valence-electron chi connectivity index (χ1n) is 6.72. The first-order valence-corrected chi connectivity index (χ1v) is 7.10. The topological polar surface area (TPSA) is 55.5 Å². The molecule has 0 amide bonds. The van der Waals surface area contributed by atoms with Crippen molar-refractivity contribution in [1.29, 1.82) is 0 Å². The highest BCUT2D eigenvalue weighted by Crippen LogP contribution is 2.38. The van der Waals surface area contributed by atoms with Gasteiger partial charge in [-0.3, -0.25) is 0 Å². The summed E-state index contributed by atoms with van der Waals surface area (Å²) in [5.41, 5.74) is 8.62. The van der Waals surface area contributed by atoms with Crippen LogP contribution in [0.5, 0.6) is 5.75 Å². The fourth-order valence-corrected chi connectivity index (χ4v) is 2.69. The normalized spacial score (nSPS) is 14.3. The van der Waals surface area contributed by atoms with Crippen molar-refractivity contribution in [2.45, 2.75) is 46.1 Å². The van der Waals surface area contributed by atoms with E-state index < -0.39 is 6.10 Å². The molecule has 108 valence electrons. The zero-order chi connectivity index (χ0) is 14.6. The fraction of sp³-hybridized carbons (Fsp3) is 0.600. The van der Waals surface area contributed by atoms with Gasteiger partial charge in [-0.15, -0.1) is 0 Å². The number of aryl methyl sites for hydroxylation is 1. The van der Waals surface area contributed by atoms with Gasteiger partial charge in [0.05, 0.1) is 12.7 Å². The van der Waals surface area contributed by atoms with Crippen LogP contribution in [0.2, 0.25) is 5.02 Å². The summed E-state index contributed by atoms with van der Waals surface area (Å²) < 4.78 is 5.77. The van der Waals surface area contributed by atoms with Crippen molar-refractivity contribution in [1.82, 2.24) is 0 Å². The standard InChI is InChI=1S/C15H24ClNO2/c1-5-19-15-10(3)7-13(16)11(4)14(15)9(2)6-12(18)8-17/h7,9,12,18H,5-6,8,17H2,1-4H3. The Morgan fingerprint density at radius 2 is 2.05 bits per heavy atom. The molecule has 0 saturated carbocycles. The van der Waals surface area contributed by atoms with E-state index in [0.29, 0.717) is 13.0 Å². The van der Waals surface area contributed by atoms with E-state index in [0.717, 1.165) is 27.5 Å². The van der Waals surface area contributed by atoms with Crippen LogP contribution >= 0.6 is 11.6 Å². The van der Waals surface area contributed by atoms with Crippen molar-refractivity contribution in [3.8, 4) is 5.75 Å². The Bertz CT molecular complexity index is 435. The maximum absolute atomic E-state index is 9.74. The van der Waals surface area contributed by atoms with E-state index in [1.807, 2.05) is 26.8 Å². The van der Waals surface area contributed by atoms with Gasteiger partial charge < -0.3 is 15.6 Å². The van der Waals surface area contributed by atoms with Crippen molar-refractivity contribution < 1.29 is 9.84 Å². The van der Waals surface area contributed by atoms with Gasteiger partial charge in [0.25, 0.3) is 0 Å². The van der Waals surface area contributed by atoms with Crippen LogP contribution in [0.3, 0.4) is 0 Å². The molecule has 4 heteroatoms. The summed E-state index contributed by atoms with van der Waals surface area (Å²) in [4.78, 5) is 0. The number of rotatable bonds is 6. The van der Waals surface area contributed by atoms with Gasteiger partial charge in [0.1, 0.15) is 5.75 Å². The van der Waals surface area contributed by atoms with Crippen LogP contribution in [0.4, 0.5) is 0 Å². The zero-order valence-corrected chi connectivity index (χ0v) is 12.9. The van der Waals surface area contributed by atoms with Crippen molar-refractivity contribution in [2.75, 3.05) is 13.2 Å². The minimum Gasteiger partial charge on any atom is -0.493 e. The third kappa shape index (κ3) is 3.85. The number of halogens is 1. The lowest BCUT2D eigenvalue weighted by atomic mass is 9.89. The fourth-order valence-electron chi connectivity index (χ4n) is 2.43. The lowest BCUT2D eigenvalue weighted by Gasteiger charge is -2.23. The molecule has 0 radical (unpaired) electrons. The van der Waals surface area contributed by atoms with Crippen molar-refractivity contribution in [3.05, 3.63) is 27.8 Å². The van der Waals surface area contributed by atoms with E-state index in [1.165, 1.54) is 0 Å². The number of hydrogen-bond acceptors (Lipinski definition) is 3. The molecule has 0 aromatic heterocycles. The first kappa shape index (κ1) is 16.3. The van der Waals surface area contributed by atoms with Crippen molar-refractivity contribution in [2.24, 2.45) is 5.73 Å². The second-order valence-electron chi connectivity index (χ2n) is 5.00. The van der Waals surface area contributed by atoms with Gasteiger partial charge in [0, 0.05) is 17.1 Å². The van der Waals surface area contributed by atoms with Gasteiger partial charge in [-0.25, -0.2) is 0 Å². The maximum atomic E-state index is 9.74. The molecule has 0 fully saturated rings. The van der Waals surface area contributed by atoms with E-state index >= 15 is 0 Å². The summed E-state index contributed by atoms with van der Waals surface area (Å²) >= 11 is 6.26. The van der Waals surface area contributed by atoms with Crippen LogP contribution in [-0.4, -0.2) is 24.4 Å². The Kier molecular flexibility index (Phi) is 6.11. The van der Waals surface area contributed by atoms with Crippen LogP contribution < -0.4 is 10.5 Å². The summed E-state index contributed by atoms with van der Waals surface area (Å²) in [6, 6.07) is 1.93. The van der Waals surface area contributed by atoms with E-state index in [-0.39, 0.29) is 12.5 Å². The summed E-state index contributed by atoms with van der Waals surface area (Å²) in [6.45, 7) is 8.90. The highest BCUT2D eigenvalue weighted by molar-refractivity contribution is 6.31. The monoisotopic (exact) mass is 285 g/mol. The highest BCUT2D eigenvalue weighted by Gasteiger charge is 2.21. The molecule has 0 saturated heterocycles. The average Bonchev–Trinajstić information content (AvgIpc) is 2.35. The van der Waals surface area contributed by atoms with Gasteiger partial charge in [-0.2, -0.15) is 0 Å². The SMILES string of the molecule is CCOc1c(C)cc(Cl)c(C)c1C(C)CC(O)CN. The van der Waals surface area contributed by atoms with E-state index in [2.05, 4.69) is 6.92 Å². The summed E-state index contributed by atoms with van der Waals surface area (Å²) in [5, 5.41) is 10.5. The van der Waals surface area contributed by atoms with Gasteiger partial charge in [-0.05, 0) is 50.3 Å². The Morgan fingerprint density at radius 1 is 1.42 bits per heavy atom. The number of benzene rings is 1. The lowest BCUT2D eigenvalue weighted by molar-refractivity contribution is 0.164. The number of hydrogen-bond donors (Lipinski definition) is 2. The number of ether oxygens (including phenoxy) is 1. The van der Waals surface area contributed by atoms with Gasteiger partial charge in [-0.1, -0.05) is 18.5 Å². The van der Waals surface area contributed by atoms with Crippen LogP contribution in [0, 0.1) is 13.8 Å². The minimum absolute atomic E-state index is 0.150. The number of nitrogens with two attached hydrogens (primary N) is 1. The largest absolute Gasteiger partial charge is 0.493 e. The van der Waals surface area contributed by atoms with Crippen LogP contribution in [0.15, 0.2) is 6.07 Å². The molecule has 0 bridgehead atoms. The lowest BCUT2D eigenvalue weighted by Crippen LogP contribution is -2.22. The van der Waals surface area contributed by atoms with E-state index in [4.69, 9.17) is 22.1 Å². The molecule has 3 N–H and O–H groups in total. The predicted octanol–water partition coefficient (Wildman–Crippen LogP) is 3.17. The molecule has 1 aromatic carbocycles.